The first-order valence-electron chi connectivity index (χ1n) is 7.12. The zero-order chi connectivity index (χ0) is 11.6. The van der Waals surface area contributed by atoms with Gasteiger partial charge in [-0.3, -0.25) is 4.90 Å². The topological polar surface area (TPSA) is 6.48 Å². The molecular formula is C14H28N2. The first-order valence-corrected chi connectivity index (χ1v) is 7.12. The Bertz CT molecular complexity index is 211. The van der Waals surface area contributed by atoms with Gasteiger partial charge in [0.25, 0.3) is 0 Å². The van der Waals surface area contributed by atoms with Crippen molar-refractivity contribution in [2.24, 2.45) is 5.41 Å². The molecule has 2 rings (SSSR count). The number of nitrogens with zero attached hydrogens (tertiary/aromatic N) is 2. The van der Waals surface area contributed by atoms with Crippen LogP contribution in [0.2, 0.25) is 0 Å². The van der Waals surface area contributed by atoms with Gasteiger partial charge in [0.15, 0.2) is 0 Å². The van der Waals surface area contributed by atoms with Crippen LogP contribution in [0.3, 0.4) is 0 Å². The number of piperidine rings is 1. The molecule has 2 fully saturated rings. The van der Waals surface area contributed by atoms with Crippen LogP contribution in [0.1, 0.15) is 46.0 Å². The zero-order valence-electron chi connectivity index (χ0n) is 11.3. The maximum absolute atomic E-state index is 2.74. The van der Waals surface area contributed by atoms with E-state index >= 15 is 0 Å². The molecule has 0 saturated carbocycles. The Labute approximate surface area is 101 Å². The van der Waals surface area contributed by atoms with Gasteiger partial charge in [-0.1, -0.05) is 20.3 Å². The first kappa shape index (κ1) is 12.4. The average molecular weight is 224 g/mol. The number of likely N-dealkylation sites (tertiary alicyclic amines) is 2. The van der Waals surface area contributed by atoms with Crippen molar-refractivity contribution < 1.29 is 0 Å². The Balaban J connectivity index is 1.79. The fourth-order valence-corrected chi connectivity index (χ4v) is 3.46. The van der Waals surface area contributed by atoms with Crippen LogP contribution in [0.25, 0.3) is 0 Å². The predicted molar refractivity (Wildman–Crippen MR) is 69.7 cm³/mol. The molecule has 1 spiro atoms. The molecule has 0 radical (unpaired) electrons. The SMILES string of the molecule is CCCC(CC)N1CC2(CCN(C)CC2)C1. The molecule has 0 aliphatic carbocycles. The van der Waals surface area contributed by atoms with Crippen molar-refractivity contribution >= 4 is 0 Å². The summed E-state index contributed by atoms with van der Waals surface area (Å²) in [6.07, 6.45) is 6.94. The Morgan fingerprint density at radius 1 is 1.12 bits per heavy atom. The second kappa shape index (κ2) is 5.05. The predicted octanol–water partition coefficient (Wildman–Crippen LogP) is 2.59. The van der Waals surface area contributed by atoms with E-state index in [1.54, 1.807) is 0 Å². The highest BCUT2D eigenvalue weighted by molar-refractivity contribution is 4.99. The van der Waals surface area contributed by atoms with E-state index in [0.717, 1.165) is 6.04 Å². The summed E-state index contributed by atoms with van der Waals surface area (Å²) in [6, 6.07) is 0.871. The van der Waals surface area contributed by atoms with Crippen molar-refractivity contribution in [1.82, 2.24) is 9.80 Å². The molecule has 0 N–H and O–H groups in total. The second-order valence-corrected chi connectivity index (χ2v) is 6.06. The molecule has 1 atom stereocenters. The summed E-state index contributed by atoms with van der Waals surface area (Å²) >= 11 is 0. The highest BCUT2D eigenvalue weighted by Crippen LogP contribution is 2.41. The van der Waals surface area contributed by atoms with Crippen LogP contribution in [0.5, 0.6) is 0 Å². The van der Waals surface area contributed by atoms with Crippen LogP contribution in [0, 0.1) is 5.41 Å². The molecule has 0 aromatic heterocycles. The van der Waals surface area contributed by atoms with Crippen molar-refractivity contribution in [1.29, 1.82) is 0 Å². The van der Waals surface area contributed by atoms with Crippen molar-refractivity contribution in [2.45, 2.75) is 52.0 Å². The van der Waals surface area contributed by atoms with Crippen molar-refractivity contribution in [3.8, 4) is 0 Å². The fourth-order valence-electron chi connectivity index (χ4n) is 3.46. The van der Waals surface area contributed by atoms with E-state index in [1.807, 2.05) is 0 Å². The van der Waals surface area contributed by atoms with E-state index in [1.165, 1.54) is 58.3 Å². The van der Waals surface area contributed by atoms with Crippen LogP contribution in [0.4, 0.5) is 0 Å². The summed E-state index contributed by atoms with van der Waals surface area (Å²) in [5, 5.41) is 0. The molecule has 2 saturated heterocycles. The Morgan fingerprint density at radius 3 is 2.25 bits per heavy atom. The Morgan fingerprint density at radius 2 is 1.75 bits per heavy atom. The Hall–Kier alpha value is -0.0800. The van der Waals surface area contributed by atoms with E-state index in [4.69, 9.17) is 0 Å². The van der Waals surface area contributed by atoms with Crippen LogP contribution < -0.4 is 0 Å². The zero-order valence-corrected chi connectivity index (χ0v) is 11.3. The lowest BCUT2D eigenvalue weighted by atomic mass is 9.71. The van der Waals surface area contributed by atoms with Gasteiger partial charge in [0.05, 0.1) is 0 Å². The minimum Gasteiger partial charge on any atom is -0.306 e. The van der Waals surface area contributed by atoms with E-state index in [2.05, 4.69) is 30.7 Å². The third kappa shape index (κ3) is 2.43. The van der Waals surface area contributed by atoms with Crippen molar-refractivity contribution in [3.05, 3.63) is 0 Å². The Kier molecular flexibility index (Phi) is 3.91. The fraction of sp³-hybridized carbons (Fsp3) is 1.00. The van der Waals surface area contributed by atoms with E-state index in [0.29, 0.717) is 5.41 Å². The van der Waals surface area contributed by atoms with E-state index in [9.17, 15) is 0 Å². The summed E-state index contributed by atoms with van der Waals surface area (Å²) in [5.74, 6) is 0. The molecule has 2 aliphatic rings. The lowest BCUT2D eigenvalue weighted by molar-refractivity contribution is -0.0685. The van der Waals surface area contributed by atoms with Crippen LogP contribution in [-0.2, 0) is 0 Å². The van der Waals surface area contributed by atoms with Crippen LogP contribution in [-0.4, -0.2) is 49.1 Å². The van der Waals surface area contributed by atoms with Crippen molar-refractivity contribution in [2.75, 3.05) is 33.2 Å². The normalized spacial score (nSPS) is 27.9. The van der Waals surface area contributed by atoms with Gasteiger partial charge in [-0.05, 0) is 51.2 Å². The molecule has 0 bridgehead atoms. The van der Waals surface area contributed by atoms with Gasteiger partial charge in [-0.15, -0.1) is 0 Å². The number of rotatable bonds is 4. The van der Waals surface area contributed by atoms with Gasteiger partial charge in [-0.2, -0.15) is 0 Å². The minimum absolute atomic E-state index is 0.716. The van der Waals surface area contributed by atoms with Gasteiger partial charge >= 0.3 is 0 Å². The maximum Gasteiger partial charge on any atom is 0.00930 e. The standard InChI is InChI=1S/C14H28N2/c1-4-6-13(5-2)16-11-14(12-16)7-9-15(3)10-8-14/h13H,4-12H2,1-3H3. The smallest absolute Gasteiger partial charge is 0.00930 e. The summed E-state index contributed by atoms with van der Waals surface area (Å²) in [5.41, 5.74) is 0.716. The highest BCUT2D eigenvalue weighted by Gasteiger charge is 2.45. The van der Waals surface area contributed by atoms with Crippen LogP contribution in [0.15, 0.2) is 0 Å². The molecule has 2 heterocycles. The lowest BCUT2D eigenvalue weighted by Crippen LogP contribution is -2.62. The van der Waals surface area contributed by atoms with Gasteiger partial charge in [-0.25, -0.2) is 0 Å². The lowest BCUT2D eigenvalue weighted by Gasteiger charge is -2.56. The number of hydrogen-bond donors (Lipinski definition) is 0. The highest BCUT2D eigenvalue weighted by atomic mass is 15.2. The third-order valence-electron chi connectivity index (χ3n) is 4.73. The minimum atomic E-state index is 0.716. The molecule has 2 aliphatic heterocycles. The summed E-state index contributed by atoms with van der Waals surface area (Å²) in [4.78, 5) is 5.23. The summed E-state index contributed by atoms with van der Waals surface area (Å²) in [7, 11) is 2.26. The summed E-state index contributed by atoms with van der Waals surface area (Å²) < 4.78 is 0. The monoisotopic (exact) mass is 224 g/mol. The van der Waals surface area contributed by atoms with Gasteiger partial charge in [0.2, 0.25) is 0 Å². The number of hydrogen-bond acceptors (Lipinski definition) is 2. The van der Waals surface area contributed by atoms with Crippen LogP contribution >= 0.6 is 0 Å². The average Bonchev–Trinajstić information content (AvgIpc) is 2.25. The quantitative estimate of drug-likeness (QED) is 0.724. The summed E-state index contributed by atoms with van der Waals surface area (Å²) in [6.45, 7) is 10.1. The largest absolute Gasteiger partial charge is 0.306 e. The molecule has 0 amide bonds. The molecule has 1 unspecified atom stereocenters. The molecule has 0 aromatic carbocycles. The van der Waals surface area contributed by atoms with E-state index in [-0.39, 0.29) is 0 Å². The molecule has 16 heavy (non-hydrogen) atoms. The maximum atomic E-state index is 2.74. The van der Waals surface area contributed by atoms with Gasteiger partial charge in [0.1, 0.15) is 0 Å². The van der Waals surface area contributed by atoms with Gasteiger partial charge in [0, 0.05) is 19.1 Å². The molecule has 2 nitrogen and oxygen atoms in total. The van der Waals surface area contributed by atoms with E-state index < -0.39 is 0 Å². The van der Waals surface area contributed by atoms with Gasteiger partial charge < -0.3 is 4.90 Å². The molecular weight excluding hydrogens is 196 g/mol. The first-order chi connectivity index (χ1) is 7.69. The molecule has 2 heteroatoms. The molecule has 0 aromatic rings. The molecule has 94 valence electrons. The third-order valence-corrected chi connectivity index (χ3v) is 4.73. The van der Waals surface area contributed by atoms with Crippen molar-refractivity contribution in [3.63, 3.8) is 0 Å². The second-order valence-electron chi connectivity index (χ2n) is 6.06.